The van der Waals surface area contributed by atoms with Crippen molar-refractivity contribution in [3.05, 3.63) is 71.7 Å². The van der Waals surface area contributed by atoms with Crippen molar-refractivity contribution in [1.29, 1.82) is 0 Å². The highest BCUT2D eigenvalue weighted by atomic mass is 19.1. The van der Waals surface area contributed by atoms with Crippen molar-refractivity contribution in [3.63, 3.8) is 0 Å². The molecule has 4 aromatic rings. The Morgan fingerprint density at radius 2 is 1.93 bits per heavy atom. The van der Waals surface area contributed by atoms with Crippen LogP contribution in [0.3, 0.4) is 0 Å². The molecule has 2 aliphatic rings. The van der Waals surface area contributed by atoms with E-state index in [-0.39, 0.29) is 36.4 Å². The molecule has 1 atom stereocenters. The van der Waals surface area contributed by atoms with E-state index < -0.39 is 12.1 Å². The number of carbonyl (C=O) groups is 3. The number of fused-ring (bicyclic) bond motifs is 2. The summed E-state index contributed by atoms with van der Waals surface area (Å²) in [6.45, 7) is 1.27. The summed E-state index contributed by atoms with van der Waals surface area (Å²) in [7, 11) is 1.39. The molecule has 2 aliphatic heterocycles. The van der Waals surface area contributed by atoms with Gasteiger partial charge in [0.2, 0.25) is 5.95 Å². The highest BCUT2D eigenvalue weighted by molar-refractivity contribution is 5.87. The van der Waals surface area contributed by atoms with E-state index in [0.717, 1.165) is 27.2 Å². The Hall–Kier alpha value is -5.00. The zero-order valence-electron chi connectivity index (χ0n) is 22.2. The highest BCUT2D eigenvalue weighted by Crippen LogP contribution is 2.34. The topological polar surface area (TPSA) is 132 Å². The van der Waals surface area contributed by atoms with E-state index in [0.29, 0.717) is 43.2 Å². The average Bonchev–Trinajstić information content (AvgIpc) is 3.28. The van der Waals surface area contributed by atoms with Crippen LogP contribution in [0.5, 0.6) is 5.75 Å². The molecule has 6 rings (SSSR count). The Balaban J connectivity index is 1.26. The molecule has 2 aromatic carbocycles. The summed E-state index contributed by atoms with van der Waals surface area (Å²) in [5.74, 6) is 0.539. The summed E-state index contributed by atoms with van der Waals surface area (Å²) in [5, 5.41) is 9.24. The van der Waals surface area contributed by atoms with Gasteiger partial charge in [0.05, 0.1) is 24.6 Å². The van der Waals surface area contributed by atoms with Gasteiger partial charge in [-0.3, -0.25) is 9.69 Å². The van der Waals surface area contributed by atoms with Crippen LogP contribution in [-0.2, 0) is 11.3 Å². The number of imidazole rings is 1. The van der Waals surface area contributed by atoms with Crippen molar-refractivity contribution < 1.29 is 28.6 Å². The number of nitrogens with zero attached hydrogens (tertiary/aromatic N) is 5. The van der Waals surface area contributed by atoms with Crippen molar-refractivity contribution in [2.75, 3.05) is 31.6 Å². The summed E-state index contributed by atoms with van der Waals surface area (Å²) < 4.78 is 19.5. The van der Waals surface area contributed by atoms with Crippen LogP contribution >= 0.6 is 0 Å². The first kappa shape index (κ1) is 26.2. The Morgan fingerprint density at radius 1 is 1.12 bits per heavy atom. The minimum Gasteiger partial charge on any atom is -0.491 e. The number of benzene rings is 2. The van der Waals surface area contributed by atoms with Crippen LogP contribution < -0.4 is 9.64 Å². The van der Waals surface area contributed by atoms with Crippen LogP contribution in [-0.4, -0.2) is 74.5 Å². The third kappa shape index (κ3) is 5.15. The van der Waals surface area contributed by atoms with Crippen molar-refractivity contribution in [2.45, 2.75) is 25.4 Å². The number of Topliss-reactive ketones (excluding diaryl/α,β-unsaturated/α-hetero) is 1. The number of ketones is 1. The molecule has 4 heterocycles. The van der Waals surface area contributed by atoms with Crippen LogP contribution in [0.4, 0.5) is 19.9 Å². The number of H-pyrrole nitrogens is 1. The van der Waals surface area contributed by atoms with Crippen molar-refractivity contribution in [3.8, 4) is 16.9 Å². The van der Waals surface area contributed by atoms with E-state index in [1.54, 1.807) is 28.1 Å². The summed E-state index contributed by atoms with van der Waals surface area (Å²) >= 11 is 0. The first-order valence-corrected chi connectivity index (χ1v) is 13.2. The minimum atomic E-state index is -1.14. The van der Waals surface area contributed by atoms with Crippen LogP contribution in [0, 0.1) is 5.82 Å². The van der Waals surface area contributed by atoms with Crippen molar-refractivity contribution in [2.24, 2.45) is 0 Å². The smallest absolute Gasteiger partial charge is 0.413 e. The van der Waals surface area contributed by atoms with E-state index in [1.165, 1.54) is 19.2 Å². The fourth-order valence-corrected chi connectivity index (χ4v) is 5.25. The maximum Gasteiger partial charge on any atom is 0.413 e. The first-order valence-electron chi connectivity index (χ1n) is 13.2. The number of carbonyl (C=O) groups excluding carboxylic acids is 2. The van der Waals surface area contributed by atoms with Gasteiger partial charge in [0, 0.05) is 43.8 Å². The number of nitrogens with one attached hydrogen (secondary N) is 1. The Morgan fingerprint density at radius 3 is 2.71 bits per heavy atom. The fourth-order valence-electron chi connectivity index (χ4n) is 5.25. The molecule has 2 aromatic heterocycles. The molecule has 0 saturated carbocycles. The van der Waals surface area contributed by atoms with Gasteiger partial charge in [-0.05, 0) is 41.5 Å². The summed E-state index contributed by atoms with van der Waals surface area (Å²) in [5.41, 5.74) is 4.13. The molecule has 0 bridgehead atoms. The number of aromatic nitrogens is 3. The summed E-state index contributed by atoms with van der Waals surface area (Å²) in [6, 6.07) is 12.8. The standard InChI is InChI=1S/C29H27FN6O5/c1-34(29(39)40)27-32-23-13-19(15-31-26(23)33-27)18-4-7-25-20(12-18)16-35(10-11-41-25)28(38)36-9-8-22(37)14-24(36)17-2-5-21(30)6-3-17/h2-7,12-13,15,24H,8-11,14,16H2,1H3,(H,39,40)(H,31,32,33). The van der Waals surface area contributed by atoms with Crippen LogP contribution in [0.1, 0.15) is 30.0 Å². The Bertz CT molecular complexity index is 1660. The molecule has 0 radical (unpaired) electrons. The SMILES string of the molecule is CN(C(=O)O)c1nc2ncc(-c3ccc4c(c3)CN(C(=O)N3CCC(=O)CC3c3ccc(F)cc3)CCO4)cc2[nH]1. The van der Waals surface area contributed by atoms with Gasteiger partial charge in [-0.25, -0.2) is 19.0 Å². The minimum absolute atomic E-state index is 0.0714. The van der Waals surface area contributed by atoms with Crippen LogP contribution in [0.2, 0.25) is 0 Å². The molecular weight excluding hydrogens is 531 g/mol. The molecule has 0 spiro atoms. The summed E-state index contributed by atoms with van der Waals surface area (Å²) in [6.07, 6.45) is 0.986. The Kier molecular flexibility index (Phi) is 6.73. The molecule has 0 aliphatic carbocycles. The number of aromatic amines is 1. The lowest BCUT2D eigenvalue weighted by Gasteiger charge is -2.38. The zero-order chi connectivity index (χ0) is 28.7. The third-order valence-corrected chi connectivity index (χ3v) is 7.50. The molecule has 3 amide bonds. The molecule has 12 heteroatoms. The van der Waals surface area contributed by atoms with Crippen LogP contribution in [0.25, 0.3) is 22.3 Å². The lowest BCUT2D eigenvalue weighted by molar-refractivity contribution is -0.122. The molecule has 11 nitrogen and oxygen atoms in total. The van der Waals surface area contributed by atoms with Gasteiger partial charge >= 0.3 is 12.1 Å². The van der Waals surface area contributed by atoms with E-state index in [9.17, 15) is 23.9 Å². The van der Waals surface area contributed by atoms with E-state index in [4.69, 9.17) is 4.74 Å². The predicted molar refractivity (Wildman–Crippen MR) is 147 cm³/mol. The fraction of sp³-hybridized carbons (Fsp3) is 0.276. The number of ether oxygens (including phenoxy) is 1. The normalized spacial score (nSPS) is 17.1. The maximum atomic E-state index is 13.8. The number of likely N-dealkylation sites (tertiary alicyclic amines) is 1. The van der Waals surface area contributed by atoms with Crippen LogP contribution in [0.15, 0.2) is 54.7 Å². The quantitative estimate of drug-likeness (QED) is 0.376. The van der Waals surface area contributed by atoms with Crippen molar-refractivity contribution >= 4 is 35.0 Å². The second-order valence-corrected chi connectivity index (χ2v) is 10.1. The number of hydrogen-bond acceptors (Lipinski definition) is 6. The van der Waals surface area contributed by atoms with E-state index in [1.807, 2.05) is 24.3 Å². The van der Waals surface area contributed by atoms with Crippen molar-refractivity contribution in [1.82, 2.24) is 24.8 Å². The number of halogens is 1. The first-order chi connectivity index (χ1) is 19.8. The molecule has 210 valence electrons. The molecule has 41 heavy (non-hydrogen) atoms. The summed E-state index contributed by atoms with van der Waals surface area (Å²) in [4.78, 5) is 53.4. The second-order valence-electron chi connectivity index (χ2n) is 10.1. The van der Waals surface area contributed by atoms with Gasteiger partial charge in [0.1, 0.15) is 24.0 Å². The lowest BCUT2D eigenvalue weighted by Crippen LogP contribution is -2.48. The van der Waals surface area contributed by atoms with Gasteiger partial charge in [0.25, 0.3) is 0 Å². The predicted octanol–water partition coefficient (Wildman–Crippen LogP) is 4.60. The number of piperidine rings is 1. The molecule has 1 saturated heterocycles. The van der Waals surface area contributed by atoms with Gasteiger partial charge in [-0.15, -0.1) is 0 Å². The molecular formula is C29H27FN6O5. The average molecular weight is 559 g/mol. The second kappa shape index (κ2) is 10.5. The molecule has 1 fully saturated rings. The molecule has 1 unspecified atom stereocenters. The number of pyridine rings is 1. The number of carboxylic acid groups (broad SMARTS) is 1. The third-order valence-electron chi connectivity index (χ3n) is 7.50. The lowest BCUT2D eigenvalue weighted by atomic mass is 9.94. The van der Waals surface area contributed by atoms with E-state index >= 15 is 0 Å². The van der Waals surface area contributed by atoms with Gasteiger partial charge < -0.3 is 24.6 Å². The van der Waals surface area contributed by atoms with Gasteiger partial charge in [-0.1, -0.05) is 18.2 Å². The number of hydrogen-bond donors (Lipinski definition) is 2. The van der Waals surface area contributed by atoms with Gasteiger partial charge in [-0.2, -0.15) is 4.98 Å². The maximum absolute atomic E-state index is 13.8. The monoisotopic (exact) mass is 558 g/mol. The highest BCUT2D eigenvalue weighted by Gasteiger charge is 2.35. The zero-order valence-corrected chi connectivity index (χ0v) is 22.2. The molecule has 2 N–H and O–H groups in total. The number of amides is 3. The number of rotatable bonds is 3. The number of anilines is 1. The Labute approximate surface area is 234 Å². The van der Waals surface area contributed by atoms with E-state index in [2.05, 4.69) is 15.0 Å². The number of urea groups is 1. The largest absolute Gasteiger partial charge is 0.491 e. The van der Waals surface area contributed by atoms with Gasteiger partial charge in [0.15, 0.2) is 5.65 Å².